The summed E-state index contributed by atoms with van der Waals surface area (Å²) < 4.78 is 5.62. The number of ether oxygens (including phenoxy) is 1. The molecule has 1 aliphatic heterocycles. The fourth-order valence-corrected chi connectivity index (χ4v) is 3.36. The second kappa shape index (κ2) is 9.60. The van der Waals surface area contributed by atoms with Crippen LogP contribution in [0.5, 0.6) is 5.75 Å². The molecule has 0 bridgehead atoms. The number of nitrogens with zero attached hydrogens (tertiary/aromatic N) is 2. The Morgan fingerprint density at radius 2 is 1.69 bits per heavy atom. The molecule has 2 amide bonds. The Kier molecular flexibility index (Phi) is 7.49. The Hall–Kier alpha value is -2.04. The largest absolute Gasteiger partial charge is 0.494 e. The van der Waals surface area contributed by atoms with E-state index in [1.54, 1.807) is 0 Å². The van der Waals surface area contributed by atoms with Gasteiger partial charge in [-0.15, -0.1) is 0 Å². The lowest BCUT2D eigenvalue weighted by Crippen LogP contribution is -2.37. The van der Waals surface area contributed by atoms with Gasteiger partial charge in [-0.3, -0.25) is 9.59 Å². The molecule has 5 heteroatoms. The lowest BCUT2D eigenvalue weighted by molar-refractivity contribution is -0.131. The summed E-state index contributed by atoms with van der Waals surface area (Å²) in [5.74, 6) is 1.11. The van der Waals surface area contributed by atoms with Gasteiger partial charge in [0, 0.05) is 38.2 Å². The number of benzene rings is 1. The third kappa shape index (κ3) is 4.99. The van der Waals surface area contributed by atoms with Crippen molar-refractivity contribution < 1.29 is 14.3 Å². The number of aryl methyl sites for hydroxylation is 2. The van der Waals surface area contributed by atoms with Crippen LogP contribution in [0.25, 0.3) is 0 Å². The predicted octanol–water partition coefficient (Wildman–Crippen LogP) is 3.57. The highest BCUT2D eigenvalue weighted by Crippen LogP contribution is 2.24. The molecule has 1 saturated heterocycles. The SMILES string of the molecule is CCCCC(=O)N1CCCN(C(=O)c2cc(C)c(OCC)cc2C)CC1. The van der Waals surface area contributed by atoms with Crippen molar-refractivity contribution in [2.24, 2.45) is 0 Å². The molecule has 0 saturated carbocycles. The highest BCUT2D eigenvalue weighted by atomic mass is 16.5. The van der Waals surface area contributed by atoms with E-state index in [1.807, 2.05) is 42.7 Å². The molecule has 26 heavy (non-hydrogen) atoms. The van der Waals surface area contributed by atoms with Crippen molar-refractivity contribution in [1.29, 1.82) is 0 Å². The third-order valence-electron chi connectivity index (χ3n) is 4.93. The van der Waals surface area contributed by atoms with Crippen LogP contribution in [0.2, 0.25) is 0 Å². The lowest BCUT2D eigenvalue weighted by Gasteiger charge is -2.23. The number of carbonyl (C=O) groups excluding carboxylic acids is 2. The van der Waals surface area contributed by atoms with Crippen LogP contribution in [-0.4, -0.2) is 54.4 Å². The number of rotatable bonds is 6. The highest BCUT2D eigenvalue weighted by molar-refractivity contribution is 5.96. The van der Waals surface area contributed by atoms with Gasteiger partial charge in [0.05, 0.1) is 6.61 Å². The van der Waals surface area contributed by atoms with Crippen molar-refractivity contribution in [3.05, 3.63) is 28.8 Å². The second-order valence-corrected chi connectivity index (χ2v) is 7.00. The van der Waals surface area contributed by atoms with E-state index in [4.69, 9.17) is 4.74 Å². The summed E-state index contributed by atoms with van der Waals surface area (Å²) in [4.78, 5) is 29.1. The average Bonchev–Trinajstić information content (AvgIpc) is 2.88. The topological polar surface area (TPSA) is 49.9 Å². The number of carbonyl (C=O) groups is 2. The van der Waals surface area contributed by atoms with Crippen LogP contribution >= 0.6 is 0 Å². The molecule has 1 fully saturated rings. The molecule has 2 rings (SSSR count). The molecule has 0 unspecified atom stereocenters. The van der Waals surface area contributed by atoms with Crippen molar-refractivity contribution >= 4 is 11.8 Å². The van der Waals surface area contributed by atoms with E-state index in [0.29, 0.717) is 32.7 Å². The van der Waals surface area contributed by atoms with E-state index in [9.17, 15) is 9.59 Å². The number of hydrogen-bond donors (Lipinski definition) is 0. The first-order chi connectivity index (χ1) is 12.5. The van der Waals surface area contributed by atoms with Crippen LogP contribution in [0.3, 0.4) is 0 Å². The van der Waals surface area contributed by atoms with Gasteiger partial charge in [0.1, 0.15) is 5.75 Å². The van der Waals surface area contributed by atoms with E-state index in [0.717, 1.165) is 48.2 Å². The maximum atomic E-state index is 13.0. The van der Waals surface area contributed by atoms with E-state index in [1.165, 1.54) is 0 Å². The molecule has 0 atom stereocenters. The van der Waals surface area contributed by atoms with Gasteiger partial charge in [-0.1, -0.05) is 13.3 Å². The number of amides is 2. The molecule has 1 aromatic carbocycles. The molecule has 144 valence electrons. The summed E-state index contributed by atoms with van der Waals surface area (Å²) in [5, 5.41) is 0. The number of hydrogen-bond acceptors (Lipinski definition) is 3. The predicted molar refractivity (Wildman–Crippen MR) is 104 cm³/mol. The zero-order valence-corrected chi connectivity index (χ0v) is 16.6. The Bertz CT molecular complexity index is 642. The molecule has 1 aromatic rings. The maximum Gasteiger partial charge on any atom is 0.254 e. The van der Waals surface area contributed by atoms with Crippen molar-refractivity contribution in [1.82, 2.24) is 9.80 Å². The Morgan fingerprint density at radius 3 is 2.38 bits per heavy atom. The first-order valence-electron chi connectivity index (χ1n) is 9.79. The summed E-state index contributed by atoms with van der Waals surface area (Å²) in [7, 11) is 0. The Labute approximate surface area is 157 Å². The minimum Gasteiger partial charge on any atom is -0.494 e. The van der Waals surface area contributed by atoms with Gasteiger partial charge in [-0.2, -0.15) is 0 Å². The lowest BCUT2D eigenvalue weighted by atomic mass is 10.0. The minimum absolute atomic E-state index is 0.0523. The van der Waals surface area contributed by atoms with Crippen LogP contribution < -0.4 is 4.74 Å². The first kappa shape index (κ1) is 20.3. The molecule has 0 N–H and O–H groups in total. The molecular weight excluding hydrogens is 328 g/mol. The van der Waals surface area contributed by atoms with Gasteiger partial charge in [0.15, 0.2) is 0 Å². The van der Waals surface area contributed by atoms with Crippen LogP contribution in [0.4, 0.5) is 0 Å². The summed E-state index contributed by atoms with van der Waals surface area (Å²) in [6, 6.07) is 3.88. The average molecular weight is 360 g/mol. The van der Waals surface area contributed by atoms with Gasteiger partial charge >= 0.3 is 0 Å². The van der Waals surface area contributed by atoms with Crippen molar-refractivity contribution in [2.75, 3.05) is 32.8 Å². The standard InChI is InChI=1S/C21H32N2O3/c1-5-7-9-20(24)22-10-8-11-23(13-12-22)21(25)18-14-17(4)19(26-6-2)15-16(18)3/h14-15H,5-13H2,1-4H3. The van der Waals surface area contributed by atoms with Crippen molar-refractivity contribution in [2.45, 2.75) is 53.4 Å². The Balaban J connectivity index is 2.06. The smallest absolute Gasteiger partial charge is 0.254 e. The summed E-state index contributed by atoms with van der Waals surface area (Å²) in [6.45, 7) is 11.3. The third-order valence-corrected chi connectivity index (χ3v) is 4.93. The van der Waals surface area contributed by atoms with Crippen LogP contribution in [0.15, 0.2) is 12.1 Å². The van der Waals surface area contributed by atoms with E-state index in [2.05, 4.69) is 6.92 Å². The molecule has 5 nitrogen and oxygen atoms in total. The van der Waals surface area contributed by atoms with Gasteiger partial charge in [0.25, 0.3) is 5.91 Å². The van der Waals surface area contributed by atoms with Crippen LogP contribution in [-0.2, 0) is 4.79 Å². The quantitative estimate of drug-likeness (QED) is 0.779. The van der Waals surface area contributed by atoms with Gasteiger partial charge < -0.3 is 14.5 Å². The monoisotopic (exact) mass is 360 g/mol. The van der Waals surface area contributed by atoms with Gasteiger partial charge in [-0.25, -0.2) is 0 Å². The fraction of sp³-hybridized carbons (Fsp3) is 0.619. The van der Waals surface area contributed by atoms with E-state index >= 15 is 0 Å². The molecule has 1 aliphatic rings. The molecular formula is C21H32N2O3. The summed E-state index contributed by atoms with van der Waals surface area (Å²) >= 11 is 0. The fourth-order valence-electron chi connectivity index (χ4n) is 3.36. The van der Waals surface area contributed by atoms with Crippen molar-refractivity contribution in [3.63, 3.8) is 0 Å². The first-order valence-corrected chi connectivity index (χ1v) is 9.79. The minimum atomic E-state index is 0.0523. The zero-order chi connectivity index (χ0) is 19.1. The molecule has 0 spiro atoms. The summed E-state index contributed by atoms with van der Waals surface area (Å²) in [6.07, 6.45) is 3.41. The molecule has 1 heterocycles. The molecule has 0 aliphatic carbocycles. The maximum absolute atomic E-state index is 13.0. The van der Waals surface area contributed by atoms with E-state index < -0.39 is 0 Å². The van der Waals surface area contributed by atoms with Crippen LogP contribution in [0.1, 0.15) is 61.0 Å². The molecule has 0 radical (unpaired) electrons. The Morgan fingerprint density at radius 1 is 1.00 bits per heavy atom. The van der Waals surface area contributed by atoms with Gasteiger partial charge in [0.2, 0.25) is 5.91 Å². The summed E-state index contributed by atoms with van der Waals surface area (Å²) in [5.41, 5.74) is 2.65. The zero-order valence-electron chi connectivity index (χ0n) is 16.6. The highest BCUT2D eigenvalue weighted by Gasteiger charge is 2.24. The van der Waals surface area contributed by atoms with Crippen molar-refractivity contribution in [3.8, 4) is 5.75 Å². The normalized spacial score (nSPS) is 14.9. The number of unbranched alkanes of at least 4 members (excludes halogenated alkanes) is 1. The van der Waals surface area contributed by atoms with E-state index in [-0.39, 0.29) is 11.8 Å². The van der Waals surface area contributed by atoms with Crippen LogP contribution in [0, 0.1) is 13.8 Å². The van der Waals surface area contributed by atoms with Gasteiger partial charge in [-0.05, 0) is 56.9 Å². The second-order valence-electron chi connectivity index (χ2n) is 7.00. The molecule has 0 aromatic heterocycles.